The van der Waals surface area contributed by atoms with E-state index in [1.165, 1.54) is 6.33 Å². The summed E-state index contributed by atoms with van der Waals surface area (Å²) in [6, 6.07) is 12.8. The van der Waals surface area contributed by atoms with Gasteiger partial charge in [-0.15, -0.1) is 5.10 Å². The third-order valence-corrected chi connectivity index (χ3v) is 2.81. The minimum atomic E-state index is -0.276. The molecule has 0 saturated carbocycles. The maximum Gasteiger partial charge on any atom is 0.279 e. The maximum absolute atomic E-state index is 12.1. The Morgan fingerprint density at radius 2 is 1.85 bits per heavy atom. The highest BCUT2D eigenvalue weighted by molar-refractivity contribution is 5.95. The number of hydrogen-bond acceptors (Lipinski definition) is 5. The molecule has 0 bridgehead atoms. The molecular weight excluding hydrogens is 254 g/mol. The Hall–Kier alpha value is -3.02. The highest BCUT2D eigenvalue weighted by Gasteiger charge is 2.10. The molecule has 0 unspecified atom stereocenters. The SMILES string of the molecule is Nc1ncn(C(=O)c2ccc(-c3ccccn3)cc2)n1. The molecule has 3 rings (SSSR count). The van der Waals surface area contributed by atoms with Crippen molar-refractivity contribution in [2.75, 3.05) is 5.73 Å². The third kappa shape index (κ3) is 2.26. The lowest BCUT2D eigenvalue weighted by molar-refractivity contribution is 0.0945. The van der Waals surface area contributed by atoms with E-state index < -0.39 is 0 Å². The van der Waals surface area contributed by atoms with Crippen molar-refractivity contribution in [1.82, 2.24) is 19.7 Å². The van der Waals surface area contributed by atoms with Gasteiger partial charge in [0.2, 0.25) is 5.95 Å². The van der Waals surface area contributed by atoms with E-state index in [0.29, 0.717) is 5.56 Å². The Morgan fingerprint density at radius 1 is 1.05 bits per heavy atom. The minimum absolute atomic E-state index is 0.0726. The van der Waals surface area contributed by atoms with Gasteiger partial charge in [-0.2, -0.15) is 4.68 Å². The Morgan fingerprint density at radius 3 is 2.45 bits per heavy atom. The number of hydrogen-bond donors (Lipinski definition) is 1. The van der Waals surface area contributed by atoms with E-state index in [-0.39, 0.29) is 11.9 Å². The van der Waals surface area contributed by atoms with Gasteiger partial charge in [-0.05, 0) is 24.3 Å². The molecule has 0 radical (unpaired) electrons. The first-order valence-corrected chi connectivity index (χ1v) is 5.97. The number of nitrogens with zero attached hydrogens (tertiary/aromatic N) is 4. The lowest BCUT2D eigenvalue weighted by Crippen LogP contribution is -2.12. The van der Waals surface area contributed by atoms with E-state index in [1.807, 2.05) is 30.3 Å². The number of carbonyl (C=O) groups excluding carboxylic acids is 1. The molecular formula is C14H11N5O. The monoisotopic (exact) mass is 265 g/mol. The highest BCUT2D eigenvalue weighted by atomic mass is 16.2. The molecule has 0 aliphatic heterocycles. The van der Waals surface area contributed by atoms with Gasteiger partial charge in [0, 0.05) is 17.3 Å². The zero-order valence-electron chi connectivity index (χ0n) is 10.5. The van der Waals surface area contributed by atoms with Gasteiger partial charge < -0.3 is 5.73 Å². The van der Waals surface area contributed by atoms with Crippen LogP contribution < -0.4 is 5.73 Å². The van der Waals surface area contributed by atoms with Crippen molar-refractivity contribution in [3.8, 4) is 11.3 Å². The molecule has 98 valence electrons. The first-order valence-electron chi connectivity index (χ1n) is 5.97. The zero-order valence-corrected chi connectivity index (χ0v) is 10.5. The van der Waals surface area contributed by atoms with Crippen molar-refractivity contribution in [3.05, 3.63) is 60.6 Å². The van der Waals surface area contributed by atoms with Crippen LogP contribution in [0.15, 0.2) is 55.0 Å². The first kappa shape index (κ1) is 12.0. The molecule has 0 aliphatic carbocycles. The second-order valence-corrected chi connectivity index (χ2v) is 4.14. The second-order valence-electron chi connectivity index (χ2n) is 4.14. The Kier molecular flexibility index (Phi) is 2.96. The molecule has 0 saturated heterocycles. The molecule has 0 spiro atoms. The summed E-state index contributed by atoms with van der Waals surface area (Å²) in [7, 11) is 0. The molecule has 6 nitrogen and oxygen atoms in total. The number of rotatable bonds is 2. The Balaban J connectivity index is 1.88. The number of carbonyl (C=O) groups is 1. The van der Waals surface area contributed by atoms with Crippen LogP contribution in [-0.2, 0) is 0 Å². The average Bonchev–Trinajstić information content (AvgIpc) is 2.94. The molecule has 6 heteroatoms. The smallest absolute Gasteiger partial charge is 0.279 e. The molecule has 20 heavy (non-hydrogen) atoms. The van der Waals surface area contributed by atoms with Gasteiger partial charge in [-0.1, -0.05) is 18.2 Å². The van der Waals surface area contributed by atoms with Crippen LogP contribution in [0.1, 0.15) is 10.4 Å². The number of aromatic nitrogens is 4. The standard InChI is InChI=1S/C14H11N5O/c15-14-17-9-19(18-14)13(20)11-6-4-10(5-7-11)12-3-1-2-8-16-12/h1-9H,(H2,15,18). The molecule has 0 aliphatic rings. The van der Waals surface area contributed by atoms with E-state index in [0.717, 1.165) is 15.9 Å². The first-order chi connectivity index (χ1) is 9.74. The van der Waals surface area contributed by atoms with Crippen LogP contribution in [0.3, 0.4) is 0 Å². The number of nitrogen functional groups attached to an aromatic ring is 1. The van der Waals surface area contributed by atoms with E-state index >= 15 is 0 Å². The summed E-state index contributed by atoms with van der Waals surface area (Å²) in [6.45, 7) is 0. The van der Waals surface area contributed by atoms with Crippen LogP contribution in [0.25, 0.3) is 11.3 Å². The van der Waals surface area contributed by atoms with Crippen LogP contribution in [0, 0.1) is 0 Å². The van der Waals surface area contributed by atoms with Gasteiger partial charge in [0.05, 0.1) is 5.69 Å². The number of benzene rings is 1. The zero-order chi connectivity index (χ0) is 13.9. The fraction of sp³-hybridized carbons (Fsp3) is 0. The van der Waals surface area contributed by atoms with E-state index in [9.17, 15) is 4.79 Å². The average molecular weight is 265 g/mol. The lowest BCUT2D eigenvalue weighted by Gasteiger charge is -2.03. The van der Waals surface area contributed by atoms with Crippen LogP contribution in [0.2, 0.25) is 0 Å². The van der Waals surface area contributed by atoms with Crippen molar-refractivity contribution in [2.45, 2.75) is 0 Å². The van der Waals surface area contributed by atoms with Gasteiger partial charge in [-0.3, -0.25) is 9.78 Å². The predicted octanol–water partition coefficient (Wildman–Crippen LogP) is 1.61. The largest absolute Gasteiger partial charge is 0.366 e. The Labute approximate surface area is 114 Å². The van der Waals surface area contributed by atoms with Crippen LogP contribution in [0.5, 0.6) is 0 Å². The lowest BCUT2D eigenvalue weighted by atomic mass is 10.1. The fourth-order valence-electron chi connectivity index (χ4n) is 1.82. The molecule has 0 atom stereocenters. The molecule has 3 aromatic rings. The van der Waals surface area contributed by atoms with Gasteiger partial charge in [0.1, 0.15) is 6.33 Å². The molecule has 0 fully saturated rings. The topological polar surface area (TPSA) is 86.7 Å². The summed E-state index contributed by atoms with van der Waals surface area (Å²) < 4.78 is 1.12. The molecule has 2 aromatic heterocycles. The van der Waals surface area contributed by atoms with Crippen LogP contribution in [0.4, 0.5) is 5.95 Å². The maximum atomic E-state index is 12.1. The fourth-order valence-corrected chi connectivity index (χ4v) is 1.82. The summed E-state index contributed by atoms with van der Waals surface area (Å²) >= 11 is 0. The third-order valence-electron chi connectivity index (χ3n) is 2.81. The quantitative estimate of drug-likeness (QED) is 0.760. The Bertz CT molecular complexity index is 734. The van der Waals surface area contributed by atoms with Crippen molar-refractivity contribution in [2.24, 2.45) is 0 Å². The second kappa shape index (κ2) is 4.93. The van der Waals surface area contributed by atoms with Gasteiger partial charge in [0.15, 0.2) is 0 Å². The van der Waals surface area contributed by atoms with E-state index in [4.69, 9.17) is 5.73 Å². The summed E-state index contributed by atoms with van der Waals surface area (Å²) in [4.78, 5) is 20.1. The summed E-state index contributed by atoms with van der Waals surface area (Å²) in [5.74, 6) is -0.203. The van der Waals surface area contributed by atoms with Crippen molar-refractivity contribution < 1.29 is 4.79 Å². The van der Waals surface area contributed by atoms with Gasteiger partial charge in [-0.25, -0.2) is 4.98 Å². The molecule has 2 N–H and O–H groups in total. The van der Waals surface area contributed by atoms with E-state index in [1.54, 1.807) is 18.3 Å². The minimum Gasteiger partial charge on any atom is -0.366 e. The van der Waals surface area contributed by atoms with Crippen molar-refractivity contribution in [1.29, 1.82) is 0 Å². The molecule has 2 heterocycles. The van der Waals surface area contributed by atoms with Crippen LogP contribution >= 0.6 is 0 Å². The summed E-state index contributed by atoms with van der Waals surface area (Å²) in [5, 5.41) is 3.79. The van der Waals surface area contributed by atoms with Gasteiger partial charge >= 0.3 is 0 Å². The predicted molar refractivity (Wildman–Crippen MR) is 73.8 cm³/mol. The summed E-state index contributed by atoms with van der Waals surface area (Å²) in [6.07, 6.45) is 3.02. The number of anilines is 1. The van der Waals surface area contributed by atoms with Crippen molar-refractivity contribution in [3.63, 3.8) is 0 Å². The normalized spacial score (nSPS) is 10.4. The number of nitrogens with two attached hydrogens (primary N) is 1. The van der Waals surface area contributed by atoms with Crippen molar-refractivity contribution >= 4 is 11.9 Å². The van der Waals surface area contributed by atoms with E-state index in [2.05, 4.69) is 15.1 Å². The molecule has 1 aromatic carbocycles. The summed E-state index contributed by atoms with van der Waals surface area (Å²) in [5.41, 5.74) is 7.70. The molecule has 0 amide bonds. The number of pyridine rings is 1. The highest BCUT2D eigenvalue weighted by Crippen LogP contribution is 2.17. The van der Waals surface area contributed by atoms with Crippen LogP contribution in [-0.4, -0.2) is 25.7 Å². The van der Waals surface area contributed by atoms with Gasteiger partial charge in [0.25, 0.3) is 5.91 Å².